The van der Waals surface area contributed by atoms with Gasteiger partial charge in [0.2, 0.25) is 0 Å². The van der Waals surface area contributed by atoms with E-state index in [4.69, 9.17) is 0 Å². The number of anilines is 3. The fourth-order valence-electron chi connectivity index (χ4n) is 10.1. The standard InChI is InChI=1S/C61H41NS/c1-4-16-42(17-5-1)44-30-34-50(35-31-44)62(51-24-14-20-45(38-51)43-18-6-2-7-19-43)52-25-15-21-46(39-52)47-32-36-59-55(40-47)56-41-49(33-37-60(56)63-59)61(48-22-8-3-9-23-48)57-28-12-10-26-53(57)54-27-11-13-29-58(54)61/h1-41H. The Balaban J connectivity index is 0.991. The molecule has 0 saturated carbocycles. The molecule has 0 N–H and O–H groups in total. The van der Waals surface area contributed by atoms with Gasteiger partial charge in [-0.3, -0.25) is 0 Å². The van der Waals surface area contributed by atoms with Crippen molar-refractivity contribution in [2.45, 2.75) is 5.41 Å². The van der Waals surface area contributed by atoms with E-state index in [1.54, 1.807) is 0 Å². The van der Waals surface area contributed by atoms with Gasteiger partial charge in [-0.05, 0) is 127 Å². The second-order valence-corrected chi connectivity index (χ2v) is 17.5. The lowest BCUT2D eigenvalue weighted by atomic mass is 9.67. The van der Waals surface area contributed by atoms with Crippen molar-refractivity contribution in [1.82, 2.24) is 0 Å². The van der Waals surface area contributed by atoms with Crippen molar-refractivity contribution in [3.63, 3.8) is 0 Å². The van der Waals surface area contributed by atoms with Crippen molar-refractivity contribution in [2.75, 3.05) is 4.90 Å². The van der Waals surface area contributed by atoms with E-state index in [-0.39, 0.29) is 0 Å². The van der Waals surface area contributed by atoms with Crippen molar-refractivity contribution in [3.8, 4) is 44.5 Å². The molecule has 0 unspecified atom stereocenters. The smallest absolute Gasteiger partial charge is 0.0713 e. The highest BCUT2D eigenvalue weighted by molar-refractivity contribution is 7.25. The van der Waals surface area contributed by atoms with Gasteiger partial charge in [0.25, 0.3) is 0 Å². The van der Waals surface area contributed by atoms with Crippen LogP contribution >= 0.6 is 11.3 Å². The third-order valence-corrected chi connectivity index (χ3v) is 14.1. The minimum absolute atomic E-state index is 0.441. The number of hydrogen-bond acceptors (Lipinski definition) is 2. The van der Waals surface area contributed by atoms with Crippen LogP contribution in [0.1, 0.15) is 22.3 Å². The van der Waals surface area contributed by atoms with E-state index in [2.05, 4.69) is 254 Å². The van der Waals surface area contributed by atoms with Crippen LogP contribution in [0.4, 0.5) is 17.1 Å². The molecule has 0 spiro atoms. The zero-order valence-electron chi connectivity index (χ0n) is 34.5. The first-order valence-electron chi connectivity index (χ1n) is 21.7. The van der Waals surface area contributed by atoms with E-state index in [9.17, 15) is 0 Å². The molecular weight excluding hydrogens is 779 g/mol. The fraction of sp³-hybridized carbons (Fsp3) is 0.0164. The predicted molar refractivity (Wildman–Crippen MR) is 268 cm³/mol. The molecule has 296 valence electrons. The highest BCUT2D eigenvalue weighted by Crippen LogP contribution is 2.56. The Labute approximate surface area is 372 Å². The Kier molecular flexibility index (Phi) is 8.98. The number of thiophene rings is 1. The Morgan fingerprint density at radius 2 is 0.730 bits per heavy atom. The summed E-state index contributed by atoms with van der Waals surface area (Å²) < 4.78 is 2.59. The van der Waals surface area contributed by atoms with Crippen LogP contribution < -0.4 is 4.90 Å². The van der Waals surface area contributed by atoms with Gasteiger partial charge < -0.3 is 4.90 Å². The van der Waals surface area contributed by atoms with Crippen molar-refractivity contribution >= 4 is 48.6 Å². The molecule has 0 fully saturated rings. The first-order chi connectivity index (χ1) is 31.2. The second-order valence-electron chi connectivity index (χ2n) is 16.4. The van der Waals surface area contributed by atoms with Gasteiger partial charge in [0.05, 0.1) is 5.41 Å². The Morgan fingerprint density at radius 3 is 1.35 bits per heavy atom. The molecule has 12 rings (SSSR count). The third kappa shape index (κ3) is 6.22. The quantitative estimate of drug-likeness (QED) is 0.148. The average molecular weight is 820 g/mol. The molecule has 1 nitrogen and oxygen atoms in total. The van der Waals surface area contributed by atoms with E-state index >= 15 is 0 Å². The van der Waals surface area contributed by atoms with E-state index < -0.39 is 5.41 Å². The monoisotopic (exact) mass is 819 g/mol. The van der Waals surface area contributed by atoms with E-state index in [0.717, 1.165) is 17.1 Å². The number of rotatable bonds is 8. The van der Waals surface area contributed by atoms with Gasteiger partial charge in [0.15, 0.2) is 0 Å². The van der Waals surface area contributed by atoms with E-state index in [1.165, 1.54) is 86.9 Å². The summed E-state index contributed by atoms with van der Waals surface area (Å²) in [5.41, 5.74) is 17.9. The van der Waals surface area contributed by atoms with Gasteiger partial charge >= 0.3 is 0 Å². The summed E-state index contributed by atoms with van der Waals surface area (Å²) in [6, 6.07) is 91.4. The molecule has 1 aliphatic carbocycles. The third-order valence-electron chi connectivity index (χ3n) is 12.9. The number of fused-ring (bicyclic) bond motifs is 6. The molecule has 0 aliphatic heterocycles. The summed E-state index contributed by atoms with van der Waals surface area (Å²) >= 11 is 1.88. The van der Waals surface area contributed by atoms with Crippen molar-refractivity contribution < 1.29 is 0 Å². The molecule has 63 heavy (non-hydrogen) atoms. The van der Waals surface area contributed by atoms with Crippen LogP contribution in [0.25, 0.3) is 64.7 Å². The zero-order chi connectivity index (χ0) is 41.7. The molecule has 0 atom stereocenters. The molecule has 11 aromatic rings. The van der Waals surface area contributed by atoms with Crippen LogP contribution in [0.15, 0.2) is 249 Å². The van der Waals surface area contributed by atoms with Crippen LogP contribution in [-0.2, 0) is 5.41 Å². The summed E-state index contributed by atoms with van der Waals surface area (Å²) in [7, 11) is 0. The normalized spacial score (nSPS) is 12.6. The summed E-state index contributed by atoms with van der Waals surface area (Å²) in [4.78, 5) is 2.38. The maximum atomic E-state index is 2.49. The van der Waals surface area contributed by atoms with Gasteiger partial charge in [-0.1, -0.05) is 188 Å². The zero-order valence-corrected chi connectivity index (χ0v) is 35.3. The predicted octanol–water partition coefficient (Wildman–Crippen LogP) is 16.9. The lowest BCUT2D eigenvalue weighted by Gasteiger charge is -2.34. The minimum Gasteiger partial charge on any atom is -0.310 e. The molecular formula is C61H41NS. The van der Waals surface area contributed by atoms with Gasteiger partial charge in [-0.25, -0.2) is 0 Å². The lowest BCUT2D eigenvalue weighted by molar-refractivity contribution is 0.770. The molecule has 0 amide bonds. The van der Waals surface area contributed by atoms with Gasteiger partial charge in [-0.2, -0.15) is 0 Å². The Morgan fingerprint density at radius 1 is 0.286 bits per heavy atom. The van der Waals surface area contributed by atoms with Crippen LogP contribution in [0, 0.1) is 0 Å². The fourth-order valence-corrected chi connectivity index (χ4v) is 11.1. The second kappa shape index (κ2) is 15.3. The molecule has 0 bridgehead atoms. The number of nitrogens with zero attached hydrogens (tertiary/aromatic N) is 1. The van der Waals surface area contributed by atoms with E-state index in [0.29, 0.717) is 0 Å². The SMILES string of the molecule is c1ccc(-c2ccc(N(c3cccc(-c4ccccc4)c3)c3cccc(-c4ccc5sc6ccc(C7(c8ccccc8)c8ccccc8-c8ccccc87)cc6c5c4)c3)cc2)cc1. The summed E-state index contributed by atoms with van der Waals surface area (Å²) in [5, 5.41) is 2.58. The van der Waals surface area contributed by atoms with Crippen molar-refractivity contribution in [1.29, 1.82) is 0 Å². The van der Waals surface area contributed by atoms with Crippen molar-refractivity contribution in [3.05, 3.63) is 271 Å². The highest BCUT2D eigenvalue weighted by atomic mass is 32.1. The molecule has 1 aromatic heterocycles. The minimum atomic E-state index is -0.441. The van der Waals surface area contributed by atoms with Crippen LogP contribution in [0.5, 0.6) is 0 Å². The van der Waals surface area contributed by atoms with E-state index in [1.807, 2.05) is 11.3 Å². The average Bonchev–Trinajstić information content (AvgIpc) is 3.88. The summed E-state index contributed by atoms with van der Waals surface area (Å²) in [6.07, 6.45) is 0. The van der Waals surface area contributed by atoms with Gasteiger partial charge in [-0.15, -0.1) is 11.3 Å². The maximum absolute atomic E-state index is 2.49. The lowest BCUT2D eigenvalue weighted by Crippen LogP contribution is -2.28. The number of hydrogen-bond donors (Lipinski definition) is 0. The van der Waals surface area contributed by atoms with Crippen LogP contribution in [0.3, 0.4) is 0 Å². The van der Waals surface area contributed by atoms with Crippen LogP contribution in [0.2, 0.25) is 0 Å². The first kappa shape index (κ1) is 37.0. The Hall–Kier alpha value is -7.78. The summed E-state index contributed by atoms with van der Waals surface area (Å²) in [5.74, 6) is 0. The van der Waals surface area contributed by atoms with Crippen molar-refractivity contribution in [2.24, 2.45) is 0 Å². The van der Waals surface area contributed by atoms with Gasteiger partial charge in [0, 0.05) is 37.2 Å². The molecule has 1 heterocycles. The maximum Gasteiger partial charge on any atom is 0.0713 e. The largest absolute Gasteiger partial charge is 0.310 e. The van der Waals surface area contributed by atoms with Gasteiger partial charge in [0.1, 0.15) is 0 Å². The topological polar surface area (TPSA) is 3.24 Å². The van der Waals surface area contributed by atoms with Crippen LogP contribution in [-0.4, -0.2) is 0 Å². The molecule has 1 aliphatic rings. The highest BCUT2D eigenvalue weighted by Gasteiger charge is 2.46. The molecule has 2 heteroatoms. The molecule has 10 aromatic carbocycles. The molecule has 0 saturated heterocycles. The number of benzene rings is 10. The first-order valence-corrected chi connectivity index (χ1v) is 22.5. The summed E-state index contributed by atoms with van der Waals surface area (Å²) in [6.45, 7) is 0. The molecule has 0 radical (unpaired) electrons. The Bertz CT molecular complexity index is 3400.